The van der Waals surface area contributed by atoms with Crippen LogP contribution in [0, 0.1) is 5.92 Å². The van der Waals surface area contributed by atoms with E-state index in [2.05, 4.69) is 0 Å². The molecule has 0 radical (unpaired) electrons. The maximum absolute atomic E-state index is 11.7. The van der Waals surface area contributed by atoms with Crippen LogP contribution in [0.25, 0.3) is 0 Å². The van der Waals surface area contributed by atoms with Gasteiger partial charge < -0.3 is 4.74 Å². The number of ketones is 1. The largest absolute Gasteiger partial charge is 0.369 e. The Hall–Kier alpha value is -0.800. The first kappa shape index (κ1) is 14.2. The Kier molecular flexibility index (Phi) is 6.29. The summed E-state index contributed by atoms with van der Waals surface area (Å²) in [5.41, 5.74) is 0.925. The third-order valence-corrected chi connectivity index (χ3v) is 2.17. The van der Waals surface area contributed by atoms with E-state index in [-0.39, 0.29) is 25.2 Å². The number of rotatable bonds is 4. The Bertz CT molecular complexity index is 296. The molecule has 0 aromatic heterocycles. The van der Waals surface area contributed by atoms with Crippen LogP contribution in [0.15, 0.2) is 30.3 Å². The van der Waals surface area contributed by atoms with Gasteiger partial charge in [-0.25, -0.2) is 0 Å². The van der Waals surface area contributed by atoms with E-state index in [1.807, 2.05) is 44.2 Å². The molecule has 0 spiro atoms. The first-order valence-electron chi connectivity index (χ1n) is 4.78. The van der Waals surface area contributed by atoms with Crippen molar-refractivity contribution in [2.45, 2.75) is 20.0 Å². The Labute approximate surface area is 98.1 Å². The molecule has 0 aliphatic rings. The number of carbonyl (C=O) groups excluding carboxylic acids is 1. The van der Waals surface area contributed by atoms with E-state index in [0.717, 1.165) is 5.56 Å². The van der Waals surface area contributed by atoms with Crippen LogP contribution < -0.4 is 0 Å². The lowest BCUT2D eigenvalue weighted by Gasteiger charge is -2.16. The van der Waals surface area contributed by atoms with Gasteiger partial charge in [0.25, 0.3) is 0 Å². The third-order valence-electron chi connectivity index (χ3n) is 2.17. The van der Waals surface area contributed by atoms with E-state index in [9.17, 15) is 4.79 Å². The van der Waals surface area contributed by atoms with Crippen LogP contribution in [0.3, 0.4) is 0 Å². The summed E-state index contributed by atoms with van der Waals surface area (Å²) < 4.78 is 5.21. The fraction of sp³-hybridized carbons (Fsp3) is 0.417. The summed E-state index contributed by atoms with van der Waals surface area (Å²) in [5.74, 6) is 0.124. The van der Waals surface area contributed by atoms with Gasteiger partial charge in [0, 0.05) is 13.0 Å². The molecule has 0 N–H and O–H groups in total. The van der Waals surface area contributed by atoms with Gasteiger partial charge >= 0.3 is 0 Å². The molecule has 3 heteroatoms. The van der Waals surface area contributed by atoms with Crippen molar-refractivity contribution >= 4 is 19.3 Å². The molecule has 0 aliphatic carbocycles. The van der Waals surface area contributed by atoms with Crippen molar-refractivity contribution in [1.29, 1.82) is 0 Å². The first-order valence-corrected chi connectivity index (χ1v) is 4.78. The summed E-state index contributed by atoms with van der Waals surface area (Å²) in [6.07, 6.45) is -0.420. The van der Waals surface area contributed by atoms with Gasteiger partial charge in [-0.15, -0.1) is 0 Å². The Morgan fingerprint density at radius 2 is 1.73 bits per heavy atom. The molecule has 0 bridgehead atoms. The smallest absolute Gasteiger partial charge is 0.168 e. The number of carbonyl (C=O) groups is 1. The lowest BCUT2D eigenvalue weighted by Crippen LogP contribution is -2.19. The highest BCUT2D eigenvalue weighted by Crippen LogP contribution is 2.20. The zero-order valence-corrected chi connectivity index (χ0v) is 10.4. The van der Waals surface area contributed by atoms with Gasteiger partial charge in [-0.1, -0.05) is 44.2 Å². The molecule has 0 saturated heterocycles. The second kappa shape index (κ2) is 6.64. The van der Waals surface area contributed by atoms with Crippen molar-refractivity contribution in [3.8, 4) is 0 Å². The normalized spacial score (nSPS) is 12.0. The minimum atomic E-state index is -0.420. The van der Waals surface area contributed by atoms with Crippen LogP contribution >= 0.6 is 13.5 Å². The molecule has 1 aromatic rings. The van der Waals surface area contributed by atoms with Crippen molar-refractivity contribution in [3.63, 3.8) is 0 Å². The van der Waals surface area contributed by atoms with Crippen LogP contribution in [0.2, 0.25) is 0 Å². The van der Waals surface area contributed by atoms with E-state index < -0.39 is 6.10 Å². The van der Waals surface area contributed by atoms with Gasteiger partial charge in [-0.05, 0) is 5.56 Å². The molecule has 0 saturated carbocycles. The van der Waals surface area contributed by atoms with Crippen LogP contribution in [0.1, 0.15) is 25.5 Å². The predicted molar refractivity (Wildman–Crippen MR) is 66.4 cm³/mol. The molecular formula is C12H18O2S. The van der Waals surface area contributed by atoms with Gasteiger partial charge in [0.05, 0.1) is 0 Å². The SMILES string of the molecule is CO[C@H](C(=O)C(C)C)c1ccccc1.S. The highest BCUT2D eigenvalue weighted by atomic mass is 32.1. The average Bonchev–Trinajstić information content (AvgIpc) is 2.20. The van der Waals surface area contributed by atoms with Crippen molar-refractivity contribution < 1.29 is 9.53 Å². The van der Waals surface area contributed by atoms with Gasteiger partial charge in [0.2, 0.25) is 0 Å². The van der Waals surface area contributed by atoms with Crippen LogP contribution in [-0.4, -0.2) is 12.9 Å². The molecule has 0 unspecified atom stereocenters. The number of hydrogen-bond acceptors (Lipinski definition) is 2. The number of methoxy groups -OCH3 is 1. The number of hydrogen-bond donors (Lipinski definition) is 0. The number of benzene rings is 1. The molecule has 1 aromatic carbocycles. The molecule has 84 valence electrons. The van der Waals surface area contributed by atoms with Crippen LogP contribution in [0.4, 0.5) is 0 Å². The van der Waals surface area contributed by atoms with E-state index in [1.165, 1.54) is 0 Å². The molecule has 15 heavy (non-hydrogen) atoms. The van der Waals surface area contributed by atoms with Crippen LogP contribution in [-0.2, 0) is 9.53 Å². The van der Waals surface area contributed by atoms with E-state index in [4.69, 9.17) is 4.74 Å². The Morgan fingerprint density at radius 3 is 2.13 bits per heavy atom. The van der Waals surface area contributed by atoms with Crippen molar-refractivity contribution in [1.82, 2.24) is 0 Å². The second-order valence-electron chi connectivity index (χ2n) is 3.58. The van der Waals surface area contributed by atoms with Gasteiger partial charge in [0.1, 0.15) is 6.10 Å². The van der Waals surface area contributed by atoms with Crippen molar-refractivity contribution in [2.75, 3.05) is 7.11 Å². The molecule has 0 aliphatic heterocycles. The molecule has 2 nitrogen and oxygen atoms in total. The minimum absolute atomic E-state index is 0. The maximum Gasteiger partial charge on any atom is 0.168 e. The van der Waals surface area contributed by atoms with Crippen molar-refractivity contribution in [2.24, 2.45) is 5.92 Å². The molecular weight excluding hydrogens is 208 g/mol. The number of ether oxygens (including phenoxy) is 1. The monoisotopic (exact) mass is 226 g/mol. The molecule has 0 amide bonds. The van der Waals surface area contributed by atoms with E-state index in [0.29, 0.717) is 0 Å². The summed E-state index contributed by atoms with van der Waals surface area (Å²) in [5, 5.41) is 0. The first-order chi connectivity index (χ1) is 6.66. The predicted octanol–water partition coefficient (Wildman–Crippen LogP) is 2.71. The Balaban J connectivity index is 0.00000196. The average molecular weight is 226 g/mol. The minimum Gasteiger partial charge on any atom is -0.369 e. The molecule has 1 rings (SSSR count). The van der Waals surface area contributed by atoms with Gasteiger partial charge in [-0.2, -0.15) is 13.5 Å². The molecule has 0 fully saturated rings. The van der Waals surface area contributed by atoms with Crippen LogP contribution in [0.5, 0.6) is 0 Å². The summed E-state index contributed by atoms with van der Waals surface area (Å²) in [6, 6.07) is 9.57. The summed E-state index contributed by atoms with van der Waals surface area (Å²) in [4.78, 5) is 11.7. The zero-order valence-electron chi connectivity index (χ0n) is 9.36. The van der Waals surface area contributed by atoms with E-state index in [1.54, 1.807) is 7.11 Å². The fourth-order valence-corrected chi connectivity index (χ4v) is 1.35. The zero-order chi connectivity index (χ0) is 10.6. The highest BCUT2D eigenvalue weighted by molar-refractivity contribution is 7.59. The quantitative estimate of drug-likeness (QED) is 0.789. The Morgan fingerprint density at radius 1 is 1.20 bits per heavy atom. The lowest BCUT2D eigenvalue weighted by atomic mass is 9.98. The highest BCUT2D eigenvalue weighted by Gasteiger charge is 2.21. The van der Waals surface area contributed by atoms with Gasteiger partial charge in [0.15, 0.2) is 5.78 Å². The van der Waals surface area contributed by atoms with Crippen molar-refractivity contribution in [3.05, 3.63) is 35.9 Å². The second-order valence-corrected chi connectivity index (χ2v) is 3.58. The molecule has 1 atom stereocenters. The topological polar surface area (TPSA) is 26.3 Å². The standard InChI is InChI=1S/C12H16O2.H2S/c1-9(2)11(13)12(14-3)10-7-5-4-6-8-10;/h4-9,12H,1-3H3;1H2/t12-;/m0./s1. The van der Waals surface area contributed by atoms with Gasteiger partial charge in [-0.3, -0.25) is 4.79 Å². The fourth-order valence-electron chi connectivity index (χ4n) is 1.35. The molecule has 0 heterocycles. The summed E-state index contributed by atoms with van der Waals surface area (Å²) in [6.45, 7) is 3.77. The third kappa shape index (κ3) is 3.68. The lowest BCUT2D eigenvalue weighted by molar-refractivity contribution is -0.132. The summed E-state index contributed by atoms with van der Waals surface area (Å²) in [7, 11) is 1.57. The number of Topliss-reactive ketones (excluding diaryl/α,β-unsaturated/α-hetero) is 1. The maximum atomic E-state index is 11.7. The van der Waals surface area contributed by atoms with E-state index >= 15 is 0 Å². The summed E-state index contributed by atoms with van der Waals surface area (Å²) >= 11 is 0.